The molecule has 1 amide bonds. The molecule has 1 N–H and O–H groups in total. The van der Waals surface area contributed by atoms with Gasteiger partial charge in [-0.1, -0.05) is 41.6 Å². The maximum Gasteiger partial charge on any atom is 0.354 e. The highest BCUT2D eigenvalue weighted by Gasteiger charge is 2.48. The lowest BCUT2D eigenvalue weighted by atomic mass is 9.89. The van der Waals surface area contributed by atoms with Gasteiger partial charge in [-0.15, -0.1) is 0 Å². The van der Waals surface area contributed by atoms with Crippen molar-refractivity contribution in [2.45, 2.75) is 25.4 Å². The summed E-state index contributed by atoms with van der Waals surface area (Å²) in [5.41, 5.74) is -1.08. The quantitative estimate of drug-likeness (QED) is 0.553. The number of carbonyl (C=O) groups excluding carboxylic acids is 2. The molecule has 0 spiro atoms. The van der Waals surface area contributed by atoms with Gasteiger partial charge in [0.05, 0.1) is 18.9 Å². The van der Waals surface area contributed by atoms with E-state index in [1.807, 2.05) is 18.2 Å². The van der Waals surface area contributed by atoms with E-state index in [0.717, 1.165) is 11.5 Å². The van der Waals surface area contributed by atoms with Crippen LogP contribution in [0.15, 0.2) is 59.9 Å². The van der Waals surface area contributed by atoms with Gasteiger partial charge in [0, 0.05) is 24.4 Å². The Balaban J connectivity index is 1.49. The minimum Gasteiger partial charge on any atom is -0.463 e. The summed E-state index contributed by atoms with van der Waals surface area (Å²) in [5.74, 6) is -3.25. The van der Waals surface area contributed by atoms with Gasteiger partial charge in [-0.25, -0.2) is 13.6 Å². The molecule has 0 saturated carbocycles. The molecule has 0 fully saturated rings. The second kappa shape index (κ2) is 9.32. The summed E-state index contributed by atoms with van der Waals surface area (Å²) < 4.78 is 33.0. The number of nitrogens with zero attached hydrogens (tertiary/aromatic N) is 2. The number of ether oxygens (including phenoxy) is 1. The van der Waals surface area contributed by atoms with Crippen LogP contribution >= 0.6 is 0 Å². The van der Waals surface area contributed by atoms with Crippen LogP contribution in [-0.2, 0) is 20.8 Å². The second-order valence-electron chi connectivity index (χ2n) is 7.59. The summed E-state index contributed by atoms with van der Waals surface area (Å²) in [6.07, 6.45) is 1.22. The molecule has 9 heteroatoms. The summed E-state index contributed by atoms with van der Waals surface area (Å²) in [6, 6.07) is 12.9. The standard InChI is InChI=1S/C24H21F2N3O4/c1-2-32-23(31)24(12-16-7-5-9-19(25)20(16)26)13-17(29-33-24)14-28-22(30)21-18-8-4-3-6-15(18)10-11-27-21/h3-11H,2,12-14H2,1H3,(H,28,30). The van der Waals surface area contributed by atoms with Crippen molar-refractivity contribution in [3.8, 4) is 0 Å². The van der Waals surface area contributed by atoms with E-state index in [-0.39, 0.29) is 37.3 Å². The van der Waals surface area contributed by atoms with E-state index < -0.39 is 29.1 Å². The Morgan fingerprint density at radius 1 is 1.15 bits per heavy atom. The molecule has 1 atom stereocenters. The Hall–Kier alpha value is -3.88. The first-order valence-electron chi connectivity index (χ1n) is 10.4. The van der Waals surface area contributed by atoms with Crippen molar-refractivity contribution in [2.75, 3.05) is 13.2 Å². The van der Waals surface area contributed by atoms with Crippen LogP contribution in [0.25, 0.3) is 10.8 Å². The molecule has 4 rings (SSSR count). The van der Waals surface area contributed by atoms with E-state index in [9.17, 15) is 18.4 Å². The predicted octanol–water partition coefficient (Wildman–Crippen LogP) is 3.56. The number of carbonyl (C=O) groups is 2. The van der Waals surface area contributed by atoms with Gasteiger partial charge in [-0.3, -0.25) is 9.78 Å². The zero-order valence-corrected chi connectivity index (χ0v) is 17.8. The minimum absolute atomic E-state index is 0.0173. The SMILES string of the molecule is CCOC(=O)C1(Cc2cccc(F)c2F)CC(CNC(=O)c2nccc3ccccc23)=NO1. The molecular formula is C24H21F2N3O4. The first kappa shape index (κ1) is 22.3. The number of esters is 1. The van der Waals surface area contributed by atoms with Crippen LogP contribution in [0.3, 0.4) is 0 Å². The largest absolute Gasteiger partial charge is 0.463 e. The van der Waals surface area contributed by atoms with E-state index in [1.54, 1.807) is 25.3 Å². The van der Waals surface area contributed by atoms with Crippen molar-refractivity contribution >= 4 is 28.4 Å². The fraction of sp³-hybridized carbons (Fsp3) is 0.250. The number of oxime groups is 1. The van der Waals surface area contributed by atoms with E-state index in [0.29, 0.717) is 11.1 Å². The number of hydrogen-bond acceptors (Lipinski definition) is 6. The number of halogens is 2. The number of hydrogen-bond donors (Lipinski definition) is 1. The van der Waals surface area contributed by atoms with Crippen LogP contribution in [-0.4, -0.2) is 41.3 Å². The van der Waals surface area contributed by atoms with E-state index >= 15 is 0 Å². The average molecular weight is 453 g/mol. The lowest BCUT2D eigenvalue weighted by molar-refractivity contribution is -0.169. The van der Waals surface area contributed by atoms with Crippen LogP contribution in [0.5, 0.6) is 0 Å². The van der Waals surface area contributed by atoms with Gasteiger partial charge in [0.1, 0.15) is 5.69 Å². The summed E-state index contributed by atoms with van der Waals surface area (Å²) in [6.45, 7) is 1.69. The normalized spacial score (nSPS) is 17.4. The van der Waals surface area contributed by atoms with Gasteiger partial charge in [0.25, 0.3) is 5.91 Å². The van der Waals surface area contributed by atoms with Gasteiger partial charge in [-0.05, 0) is 30.0 Å². The molecule has 1 aliphatic rings. The number of fused-ring (bicyclic) bond motifs is 1. The van der Waals surface area contributed by atoms with E-state index in [4.69, 9.17) is 9.57 Å². The molecule has 170 valence electrons. The van der Waals surface area contributed by atoms with Crippen LogP contribution < -0.4 is 5.32 Å². The van der Waals surface area contributed by atoms with Crippen molar-refractivity contribution in [1.29, 1.82) is 0 Å². The first-order chi connectivity index (χ1) is 15.9. The third-order valence-electron chi connectivity index (χ3n) is 5.34. The van der Waals surface area contributed by atoms with Crippen LogP contribution in [0, 0.1) is 11.6 Å². The maximum absolute atomic E-state index is 14.3. The van der Waals surface area contributed by atoms with E-state index in [1.165, 1.54) is 12.1 Å². The Labute approximate surface area is 188 Å². The summed E-state index contributed by atoms with van der Waals surface area (Å²) in [5, 5.41) is 8.23. The molecule has 0 saturated heterocycles. The van der Waals surface area contributed by atoms with E-state index in [2.05, 4.69) is 15.5 Å². The molecule has 3 aromatic rings. The van der Waals surface area contributed by atoms with Gasteiger partial charge >= 0.3 is 5.97 Å². The molecule has 1 aromatic heterocycles. The van der Waals surface area contributed by atoms with Crippen molar-refractivity contribution in [2.24, 2.45) is 5.16 Å². The Kier molecular flexibility index (Phi) is 6.30. The molecule has 2 aromatic carbocycles. The number of aromatic nitrogens is 1. The third kappa shape index (κ3) is 4.52. The van der Waals surface area contributed by atoms with Crippen LogP contribution in [0.4, 0.5) is 8.78 Å². The second-order valence-corrected chi connectivity index (χ2v) is 7.59. The molecular weight excluding hydrogens is 432 g/mol. The minimum atomic E-state index is -1.65. The molecule has 7 nitrogen and oxygen atoms in total. The van der Waals surface area contributed by atoms with Crippen molar-refractivity contribution in [1.82, 2.24) is 10.3 Å². The summed E-state index contributed by atoms with van der Waals surface area (Å²) in [4.78, 5) is 35.0. The third-order valence-corrected chi connectivity index (χ3v) is 5.34. The van der Waals surface area contributed by atoms with Gasteiger partial charge < -0.3 is 14.9 Å². The lowest BCUT2D eigenvalue weighted by Crippen LogP contribution is -2.44. The highest BCUT2D eigenvalue weighted by atomic mass is 19.2. The molecule has 1 unspecified atom stereocenters. The fourth-order valence-electron chi connectivity index (χ4n) is 3.74. The first-order valence-corrected chi connectivity index (χ1v) is 10.4. The number of rotatable bonds is 7. The number of benzene rings is 2. The topological polar surface area (TPSA) is 89.9 Å². The fourth-order valence-corrected chi connectivity index (χ4v) is 3.74. The van der Waals surface area contributed by atoms with Gasteiger partial charge in [0.2, 0.25) is 5.60 Å². The highest BCUT2D eigenvalue weighted by Crippen LogP contribution is 2.31. The lowest BCUT2D eigenvalue weighted by Gasteiger charge is -2.24. The predicted molar refractivity (Wildman–Crippen MR) is 117 cm³/mol. The maximum atomic E-state index is 14.3. The number of pyridine rings is 1. The zero-order valence-electron chi connectivity index (χ0n) is 17.8. The van der Waals surface area contributed by atoms with Crippen molar-refractivity contribution in [3.63, 3.8) is 0 Å². The molecule has 0 bridgehead atoms. The number of amides is 1. The molecule has 2 heterocycles. The Bertz CT molecular complexity index is 1240. The van der Waals surface area contributed by atoms with Crippen molar-refractivity contribution in [3.05, 3.63) is 77.6 Å². The zero-order chi connectivity index (χ0) is 23.4. The van der Waals surface area contributed by atoms with Gasteiger partial charge in [-0.2, -0.15) is 0 Å². The van der Waals surface area contributed by atoms with Crippen LogP contribution in [0.2, 0.25) is 0 Å². The molecule has 0 radical (unpaired) electrons. The average Bonchev–Trinajstić information content (AvgIpc) is 3.24. The van der Waals surface area contributed by atoms with Crippen LogP contribution in [0.1, 0.15) is 29.4 Å². The molecule has 33 heavy (non-hydrogen) atoms. The smallest absolute Gasteiger partial charge is 0.354 e. The molecule has 1 aliphatic heterocycles. The van der Waals surface area contributed by atoms with Gasteiger partial charge in [0.15, 0.2) is 11.6 Å². The monoisotopic (exact) mass is 453 g/mol. The summed E-state index contributed by atoms with van der Waals surface area (Å²) >= 11 is 0. The molecule has 0 aliphatic carbocycles. The summed E-state index contributed by atoms with van der Waals surface area (Å²) in [7, 11) is 0. The Morgan fingerprint density at radius 3 is 2.79 bits per heavy atom. The highest BCUT2D eigenvalue weighted by molar-refractivity contribution is 6.06. The number of nitrogens with one attached hydrogen (secondary N) is 1. The Morgan fingerprint density at radius 2 is 1.97 bits per heavy atom. The van der Waals surface area contributed by atoms with Crippen molar-refractivity contribution < 1.29 is 27.9 Å².